The molecular formula is C35H52O6SSi. The molecule has 0 saturated heterocycles. The van der Waals surface area contributed by atoms with Crippen molar-refractivity contribution in [2.45, 2.75) is 100 Å². The Morgan fingerprint density at radius 1 is 0.884 bits per heavy atom. The van der Waals surface area contributed by atoms with E-state index in [-0.39, 0.29) is 18.6 Å². The lowest BCUT2D eigenvalue weighted by molar-refractivity contribution is 0.0229. The summed E-state index contributed by atoms with van der Waals surface area (Å²) >= 11 is 1.71. The molecule has 3 rings (SSSR count). The second-order valence-corrected chi connectivity index (χ2v) is 18.9. The largest absolute Gasteiger partial charge is 0.468 e. The molecule has 0 radical (unpaired) electrons. The first kappa shape index (κ1) is 35.5. The lowest BCUT2D eigenvalue weighted by atomic mass is 9.66. The highest BCUT2D eigenvalue weighted by molar-refractivity contribution is 7.99. The van der Waals surface area contributed by atoms with Gasteiger partial charge in [0.1, 0.15) is 11.5 Å². The normalized spacial score (nSPS) is 20.2. The molecule has 2 aromatic rings. The van der Waals surface area contributed by atoms with E-state index in [1.807, 2.05) is 42.5 Å². The summed E-state index contributed by atoms with van der Waals surface area (Å²) in [6.07, 6.45) is 6.34. The third-order valence-electron chi connectivity index (χ3n) is 8.82. The molecule has 2 aromatic carbocycles. The van der Waals surface area contributed by atoms with Crippen LogP contribution in [-0.4, -0.2) is 53.6 Å². The van der Waals surface area contributed by atoms with Crippen molar-refractivity contribution < 1.29 is 28.5 Å². The van der Waals surface area contributed by atoms with E-state index in [4.69, 9.17) is 23.4 Å². The maximum absolute atomic E-state index is 12.5. The van der Waals surface area contributed by atoms with Crippen LogP contribution in [0.5, 0.6) is 11.5 Å². The zero-order valence-electron chi connectivity index (χ0n) is 27.5. The van der Waals surface area contributed by atoms with Gasteiger partial charge in [0.25, 0.3) is 0 Å². The van der Waals surface area contributed by atoms with Gasteiger partial charge in [-0.25, -0.2) is 0 Å². The standard InChI is InChI=1S/C35H52O6SSi/c1-33(2,3)43(7,8)41-23-15-13-11-9-10-12-14-22-35(36)31-21-20-30(40-27-38-6)24-32(31)42-25-34(35,4)28-16-18-29(19-17-28)39-26-37-5/h16-21,24,36H,9-13,15,23,25-27H2,1-8H3. The van der Waals surface area contributed by atoms with Crippen LogP contribution in [0.15, 0.2) is 47.4 Å². The number of ether oxygens (including phenoxy) is 4. The number of aliphatic hydroxyl groups is 1. The minimum atomic E-state index is -1.66. The summed E-state index contributed by atoms with van der Waals surface area (Å²) in [6.45, 7) is 14.8. The highest BCUT2D eigenvalue weighted by Crippen LogP contribution is 2.53. The van der Waals surface area contributed by atoms with Crippen molar-refractivity contribution in [3.63, 3.8) is 0 Å². The average Bonchev–Trinajstić information content (AvgIpc) is 2.97. The lowest BCUT2D eigenvalue weighted by Crippen LogP contribution is -2.50. The summed E-state index contributed by atoms with van der Waals surface area (Å²) in [5, 5.41) is 12.7. The Labute approximate surface area is 265 Å². The lowest BCUT2D eigenvalue weighted by Gasteiger charge is -2.46. The zero-order valence-corrected chi connectivity index (χ0v) is 29.3. The monoisotopic (exact) mass is 628 g/mol. The van der Waals surface area contributed by atoms with Crippen LogP contribution < -0.4 is 9.47 Å². The predicted molar refractivity (Wildman–Crippen MR) is 178 cm³/mol. The van der Waals surface area contributed by atoms with Gasteiger partial charge in [-0.15, -0.1) is 11.8 Å². The van der Waals surface area contributed by atoms with Crippen molar-refractivity contribution in [1.29, 1.82) is 0 Å². The summed E-state index contributed by atoms with van der Waals surface area (Å²) in [4.78, 5) is 0.975. The molecule has 2 atom stereocenters. The number of rotatable bonds is 15. The van der Waals surface area contributed by atoms with Crippen LogP contribution >= 0.6 is 11.8 Å². The molecule has 1 N–H and O–H groups in total. The molecule has 6 nitrogen and oxygen atoms in total. The molecule has 43 heavy (non-hydrogen) atoms. The van der Waals surface area contributed by atoms with Crippen LogP contribution in [0.1, 0.15) is 77.3 Å². The van der Waals surface area contributed by atoms with Gasteiger partial charge in [0, 0.05) is 48.9 Å². The van der Waals surface area contributed by atoms with Crippen LogP contribution in [0.25, 0.3) is 0 Å². The molecule has 0 saturated carbocycles. The van der Waals surface area contributed by atoms with Gasteiger partial charge < -0.3 is 28.5 Å². The topological polar surface area (TPSA) is 66.4 Å². The van der Waals surface area contributed by atoms with Crippen LogP contribution in [0, 0.1) is 11.8 Å². The van der Waals surface area contributed by atoms with Gasteiger partial charge in [-0.2, -0.15) is 0 Å². The van der Waals surface area contributed by atoms with Crippen LogP contribution in [0.4, 0.5) is 0 Å². The minimum absolute atomic E-state index is 0.173. The number of hydrogen-bond donors (Lipinski definition) is 1. The molecule has 1 aliphatic rings. The Morgan fingerprint density at radius 2 is 1.49 bits per heavy atom. The van der Waals surface area contributed by atoms with Crippen molar-refractivity contribution in [3.8, 4) is 23.3 Å². The molecule has 0 spiro atoms. The molecule has 0 amide bonds. The summed E-state index contributed by atoms with van der Waals surface area (Å²) in [5.41, 5.74) is -0.198. The van der Waals surface area contributed by atoms with Gasteiger partial charge in [-0.3, -0.25) is 0 Å². The van der Waals surface area contributed by atoms with Gasteiger partial charge in [0.05, 0.1) is 0 Å². The first-order chi connectivity index (χ1) is 20.4. The molecule has 0 aromatic heterocycles. The highest BCUT2D eigenvalue weighted by atomic mass is 32.2. The van der Waals surface area contributed by atoms with Gasteiger partial charge in [0.2, 0.25) is 0 Å². The molecule has 0 bridgehead atoms. The van der Waals surface area contributed by atoms with E-state index in [0.717, 1.165) is 54.1 Å². The van der Waals surface area contributed by atoms with Crippen molar-refractivity contribution in [1.82, 2.24) is 0 Å². The van der Waals surface area contributed by atoms with E-state index in [1.165, 1.54) is 12.8 Å². The second kappa shape index (κ2) is 15.8. The number of fused-ring (bicyclic) bond motifs is 1. The fraction of sp³-hybridized carbons (Fsp3) is 0.600. The average molecular weight is 629 g/mol. The number of hydrogen-bond acceptors (Lipinski definition) is 7. The van der Waals surface area contributed by atoms with Crippen LogP contribution in [-0.2, 0) is 24.9 Å². The summed E-state index contributed by atoms with van der Waals surface area (Å²) in [6, 6.07) is 13.7. The van der Waals surface area contributed by atoms with Crippen molar-refractivity contribution in [3.05, 3.63) is 53.6 Å². The van der Waals surface area contributed by atoms with E-state index in [9.17, 15) is 5.11 Å². The van der Waals surface area contributed by atoms with Gasteiger partial charge in [0.15, 0.2) is 27.5 Å². The van der Waals surface area contributed by atoms with E-state index < -0.39 is 19.3 Å². The smallest absolute Gasteiger partial charge is 0.191 e. The van der Waals surface area contributed by atoms with E-state index in [0.29, 0.717) is 11.5 Å². The fourth-order valence-corrected chi connectivity index (χ4v) is 7.36. The summed E-state index contributed by atoms with van der Waals surface area (Å²) in [5.74, 6) is 8.82. The second-order valence-electron chi connectivity index (χ2n) is 13.0. The SMILES string of the molecule is COCOc1ccc(C2(C)CSc3cc(OCOC)ccc3C2(O)C#CCCCCCCCO[Si](C)(C)C(C)(C)C)cc1. The quantitative estimate of drug-likeness (QED) is 0.0922. The summed E-state index contributed by atoms with van der Waals surface area (Å²) in [7, 11) is 1.54. The predicted octanol–water partition coefficient (Wildman–Crippen LogP) is 8.27. The molecule has 1 aliphatic heterocycles. The van der Waals surface area contributed by atoms with Gasteiger partial charge >= 0.3 is 0 Å². The van der Waals surface area contributed by atoms with E-state index in [1.54, 1.807) is 26.0 Å². The Kier molecular flexibility index (Phi) is 13.1. The molecule has 0 fully saturated rings. The third kappa shape index (κ3) is 9.03. The Bertz CT molecular complexity index is 1220. The summed E-state index contributed by atoms with van der Waals surface area (Å²) < 4.78 is 27.7. The number of benzene rings is 2. The molecule has 1 heterocycles. The van der Waals surface area contributed by atoms with Crippen molar-refractivity contribution in [2.75, 3.05) is 40.2 Å². The fourth-order valence-electron chi connectivity index (χ4n) is 4.88. The first-order valence-electron chi connectivity index (χ1n) is 15.4. The van der Waals surface area contributed by atoms with E-state index >= 15 is 0 Å². The molecular weight excluding hydrogens is 577 g/mol. The Balaban J connectivity index is 1.69. The van der Waals surface area contributed by atoms with Gasteiger partial charge in [-0.1, -0.05) is 77.0 Å². The Morgan fingerprint density at radius 3 is 2.14 bits per heavy atom. The molecule has 8 heteroatoms. The van der Waals surface area contributed by atoms with Crippen molar-refractivity contribution >= 4 is 20.1 Å². The Hall–Kier alpha value is -1.99. The molecule has 238 valence electrons. The van der Waals surface area contributed by atoms with Gasteiger partial charge in [-0.05, 0) is 60.8 Å². The molecule has 0 aliphatic carbocycles. The van der Waals surface area contributed by atoms with Crippen LogP contribution in [0.3, 0.4) is 0 Å². The van der Waals surface area contributed by atoms with Crippen LogP contribution in [0.2, 0.25) is 18.1 Å². The first-order valence-corrected chi connectivity index (χ1v) is 19.2. The molecule has 2 unspecified atom stereocenters. The zero-order chi connectivity index (χ0) is 31.6. The number of methoxy groups -OCH3 is 2. The third-order valence-corrected chi connectivity index (χ3v) is 14.7. The maximum Gasteiger partial charge on any atom is 0.191 e. The highest BCUT2D eigenvalue weighted by Gasteiger charge is 2.52. The van der Waals surface area contributed by atoms with Crippen molar-refractivity contribution in [2.24, 2.45) is 0 Å². The maximum atomic E-state index is 12.5. The number of thioether (sulfide) groups is 1. The number of unbranched alkanes of at least 4 members (excludes halogenated alkanes) is 5. The minimum Gasteiger partial charge on any atom is -0.468 e. The van der Waals surface area contributed by atoms with E-state index in [2.05, 4.69) is 52.6 Å².